The van der Waals surface area contributed by atoms with Crippen molar-refractivity contribution in [1.82, 2.24) is 15.2 Å². The van der Waals surface area contributed by atoms with Gasteiger partial charge in [-0.15, -0.1) is 21.5 Å². The second kappa shape index (κ2) is 7.70. The van der Waals surface area contributed by atoms with E-state index >= 15 is 0 Å². The third kappa shape index (κ3) is 4.84. The molecule has 2 heterocycles. The molecule has 7 N–H and O–H groups in total. The minimum absolute atomic E-state index is 0.0243. The van der Waals surface area contributed by atoms with Crippen molar-refractivity contribution in [3.8, 4) is 0 Å². The van der Waals surface area contributed by atoms with E-state index in [1.54, 1.807) is 0 Å². The van der Waals surface area contributed by atoms with Gasteiger partial charge in [0, 0.05) is 0 Å². The summed E-state index contributed by atoms with van der Waals surface area (Å²) in [6, 6.07) is 2.27. The topological polar surface area (TPSA) is 216 Å². The maximum atomic E-state index is 12.2. The molecular formula is C11H12N8O5S2. The van der Waals surface area contributed by atoms with Crippen molar-refractivity contribution >= 4 is 50.0 Å². The summed E-state index contributed by atoms with van der Waals surface area (Å²) in [4.78, 5) is 29.5. The van der Waals surface area contributed by atoms with E-state index in [1.165, 1.54) is 11.6 Å². The van der Waals surface area contributed by atoms with Crippen molar-refractivity contribution in [2.75, 3.05) is 16.6 Å². The van der Waals surface area contributed by atoms with Crippen LogP contribution in [0.4, 0.5) is 10.8 Å². The highest BCUT2D eigenvalue weighted by molar-refractivity contribution is 7.92. The maximum absolute atomic E-state index is 12.2. The molecule has 0 saturated heterocycles. The number of amides is 1. The molecule has 0 aliphatic rings. The van der Waals surface area contributed by atoms with Crippen LogP contribution >= 0.6 is 11.3 Å². The van der Waals surface area contributed by atoms with Gasteiger partial charge in [0.25, 0.3) is 10.0 Å². The largest absolute Gasteiger partial charge is 0.476 e. The number of thiazole rings is 1. The number of hydrogen-bond acceptors (Lipinski definition) is 9. The molecule has 1 amide bonds. The molecule has 2 aromatic rings. The molecule has 0 bridgehead atoms. The first-order valence-electron chi connectivity index (χ1n) is 6.57. The van der Waals surface area contributed by atoms with E-state index in [9.17, 15) is 18.0 Å². The number of hydrogen-bond donors (Lipinski definition) is 5. The first-order valence-corrected chi connectivity index (χ1v) is 8.94. The minimum atomic E-state index is -4.19. The summed E-state index contributed by atoms with van der Waals surface area (Å²) in [5.74, 6) is -2.25. The lowest BCUT2D eigenvalue weighted by Crippen LogP contribution is -2.26. The van der Waals surface area contributed by atoms with Crippen LogP contribution in [0.2, 0.25) is 0 Å². The Morgan fingerprint density at radius 1 is 1.27 bits per heavy atom. The molecule has 0 unspecified atom stereocenters. The molecule has 0 radical (unpaired) electrons. The van der Waals surface area contributed by atoms with Gasteiger partial charge in [0.15, 0.2) is 22.5 Å². The predicted octanol–water partition coefficient (Wildman–Crippen LogP) is -1.36. The normalized spacial score (nSPS) is 10.8. The monoisotopic (exact) mass is 400 g/mol. The van der Waals surface area contributed by atoms with E-state index in [2.05, 4.69) is 30.2 Å². The smallest absolute Gasteiger partial charge is 0.357 e. The molecule has 2 aromatic heterocycles. The Labute approximate surface area is 150 Å². The minimum Gasteiger partial charge on any atom is -0.476 e. The van der Waals surface area contributed by atoms with Crippen LogP contribution < -0.4 is 21.5 Å². The molecule has 15 heteroatoms. The lowest BCUT2D eigenvalue weighted by Gasteiger charge is -2.06. The summed E-state index contributed by atoms with van der Waals surface area (Å²) in [5, 5.41) is 17.6. The molecular weight excluding hydrogens is 388 g/mol. The fourth-order valence-corrected chi connectivity index (χ4v) is 3.40. The van der Waals surface area contributed by atoms with Gasteiger partial charge in [0.2, 0.25) is 5.91 Å². The SMILES string of the molecule is NC(N)=NCC(=O)Nc1ccc(S(=O)(=O)Nc2scnc2C(=O)O)nn1. The number of nitrogens with one attached hydrogen (secondary N) is 2. The van der Waals surface area contributed by atoms with Crippen molar-refractivity contribution < 1.29 is 23.1 Å². The van der Waals surface area contributed by atoms with Gasteiger partial charge in [-0.2, -0.15) is 8.42 Å². The number of guanidine groups is 1. The molecule has 0 saturated carbocycles. The van der Waals surface area contributed by atoms with E-state index in [0.717, 1.165) is 17.4 Å². The number of aromatic nitrogens is 3. The molecule has 0 spiro atoms. The Balaban J connectivity index is 2.11. The zero-order valence-corrected chi connectivity index (χ0v) is 14.4. The van der Waals surface area contributed by atoms with Crippen LogP contribution in [0.3, 0.4) is 0 Å². The molecule has 0 aliphatic heterocycles. The van der Waals surface area contributed by atoms with Crippen LogP contribution in [0.15, 0.2) is 27.7 Å². The molecule has 2 rings (SSSR count). The fraction of sp³-hybridized carbons (Fsp3) is 0.0909. The molecule has 0 fully saturated rings. The average Bonchev–Trinajstić information content (AvgIpc) is 3.01. The van der Waals surface area contributed by atoms with Crippen LogP contribution in [0.25, 0.3) is 0 Å². The number of anilines is 2. The van der Waals surface area contributed by atoms with Gasteiger partial charge in [-0.3, -0.25) is 9.52 Å². The third-order valence-corrected chi connectivity index (χ3v) is 4.70. The van der Waals surface area contributed by atoms with Gasteiger partial charge >= 0.3 is 5.97 Å². The highest BCUT2D eigenvalue weighted by Crippen LogP contribution is 2.23. The van der Waals surface area contributed by atoms with E-state index in [-0.39, 0.29) is 23.3 Å². The highest BCUT2D eigenvalue weighted by Gasteiger charge is 2.22. The Morgan fingerprint density at radius 2 is 2.00 bits per heavy atom. The Kier molecular flexibility index (Phi) is 5.63. The summed E-state index contributed by atoms with van der Waals surface area (Å²) >= 11 is 0.798. The lowest BCUT2D eigenvalue weighted by atomic mass is 10.5. The number of carbonyl (C=O) groups excluding carboxylic acids is 1. The summed E-state index contributed by atoms with van der Waals surface area (Å²) in [5.41, 5.74) is 10.9. The molecule has 26 heavy (non-hydrogen) atoms. The van der Waals surface area contributed by atoms with Gasteiger partial charge in [-0.1, -0.05) is 0 Å². The number of carboxylic acid groups (broad SMARTS) is 1. The standard InChI is InChI=1S/C11H12N8O5S2/c12-11(13)14-3-6(20)16-5-1-2-7(18-17-5)26(23,24)19-9-8(10(21)22)15-4-25-9/h1-2,4,19H,3H2,(H,21,22)(H4,12,13,14)(H,16,17,20). The first-order chi connectivity index (χ1) is 12.2. The van der Waals surface area contributed by atoms with Crippen molar-refractivity contribution in [3.05, 3.63) is 23.3 Å². The average molecular weight is 400 g/mol. The van der Waals surface area contributed by atoms with E-state index in [0.29, 0.717) is 0 Å². The molecule has 13 nitrogen and oxygen atoms in total. The number of carbonyl (C=O) groups is 2. The number of nitrogens with two attached hydrogens (primary N) is 2. The van der Waals surface area contributed by atoms with Gasteiger partial charge in [0.05, 0.1) is 5.51 Å². The first kappa shape index (κ1) is 19.0. The predicted molar refractivity (Wildman–Crippen MR) is 91.2 cm³/mol. The van der Waals surface area contributed by atoms with E-state index < -0.39 is 32.6 Å². The number of rotatable bonds is 7. The number of aromatic carboxylic acids is 1. The van der Waals surface area contributed by atoms with Gasteiger partial charge in [-0.05, 0) is 12.1 Å². The van der Waals surface area contributed by atoms with Crippen LogP contribution in [-0.4, -0.2) is 53.1 Å². The van der Waals surface area contributed by atoms with Gasteiger partial charge in [-0.25, -0.2) is 14.8 Å². The maximum Gasteiger partial charge on any atom is 0.357 e. The van der Waals surface area contributed by atoms with Gasteiger partial charge in [0.1, 0.15) is 11.5 Å². The molecule has 138 valence electrons. The second-order valence-corrected chi connectivity index (χ2v) is 6.97. The summed E-state index contributed by atoms with van der Waals surface area (Å²) < 4.78 is 26.5. The number of aliphatic imine (C=N–C) groups is 1. The number of nitrogens with zero attached hydrogens (tertiary/aromatic N) is 4. The van der Waals surface area contributed by atoms with Gasteiger partial charge < -0.3 is 21.9 Å². The Bertz CT molecular complexity index is 949. The summed E-state index contributed by atoms with van der Waals surface area (Å²) in [6.07, 6.45) is 0. The highest BCUT2D eigenvalue weighted by atomic mass is 32.2. The van der Waals surface area contributed by atoms with Crippen LogP contribution in [0.5, 0.6) is 0 Å². The molecule has 0 aromatic carbocycles. The van der Waals surface area contributed by atoms with Crippen molar-refractivity contribution in [1.29, 1.82) is 0 Å². The number of carboxylic acids is 1. The fourth-order valence-electron chi connectivity index (χ4n) is 1.52. The molecule has 0 atom stereocenters. The van der Waals surface area contributed by atoms with Crippen molar-refractivity contribution in [2.24, 2.45) is 16.5 Å². The van der Waals surface area contributed by atoms with Crippen molar-refractivity contribution in [3.63, 3.8) is 0 Å². The Hall–Kier alpha value is -3.33. The second-order valence-electron chi connectivity index (χ2n) is 4.49. The lowest BCUT2D eigenvalue weighted by molar-refractivity contribution is -0.114. The zero-order chi connectivity index (χ0) is 19.3. The van der Waals surface area contributed by atoms with Crippen molar-refractivity contribution in [2.45, 2.75) is 5.03 Å². The third-order valence-electron chi connectivity index (χ3n) is 2.59. The van der Waals surface area contributed by atoms with E-state index in [4.69, 9.17) is 16.6 Å². The summed E-state index contributed by atoms with van der Waals surface area (Å²) in [7, 11) is -4.19. The Morgan fingerprint density at radius 3 is 2.58 bits per heavy atom. The summed E-state index contributed by atoms with van der Waals surface area (Å²) in [6.45, 7) is -0.338. The molecule has 0 aliphatic carbocycles. The van der Waals surface area contributed by atoms with Crippen LogP contribution in [0, 0.1) is 0 Å². The zero-order valence-electron chi connectivity index (χ0n) is 12.8. The van der Waals surface area contributed by atoms with Crippen LogP contribution in [0.1, 0.15) is 10.5 Å². The van der Waals surface area contributed by atoms with Crippen LogP contribution in [-0.2, 0) is 14.8 Å². The van der Waals surface area contributed by atoms with E-state index in [1.807, 2.05) is 0 Å². The number of sulfonamides is 1. The quantitative estimate of drug-likeness (QED) is 0.272.